The third kappa shape index (κ3) is 5.14. The van der Waals surface area contributed by atoms with Crippen LogP contribution >= 0.6 is 35.6 Å². The van der Waals surface area contributed by atoms with E-state index in [1.807, 2.05) is 18.2 Å². The zero-order valence-corrected chi connectivity index (χ0v) is 18.1. The highest BCUT2D eigenvalue weighted by Crippen LogP contribution is 2.27. The molecule has 5 nitrogen and oxygen atoms in total. The van der Waals surface area contributed by atoms with Crippen LogP contribution in [0.4, 0.5) is 5.69 Å². The standard InChI is InChI=1S/C18H27ClN4O.HI/c1-3-20-17(21-12-18(2)13-24-14-18)23-10-8-22(9-11-23)16-7-5-4-6-15(16)19;/h4-7H,3,8-14H2,1-2H3,(H,20,21);1H. The fourth-order valence-electron chi connectivity index (χ4n) is 3.10. The van der Waals surface area contributed by atoms with Gasteiger partial charge in [-0.2, -0.15) is 0 Å². The zero-order chi connectivity index (χ0) is 17.0. The van der Waals surface area contributed by atoms with Crippen molar-refractivity contribution in [2.45, 2.75) is 13.8 Å². The van der Waals surface area contributed by atoms with Crippen LogP contribution in [-0.4, -0.2) is 63.3 Å². The van der Waals surface area contributed by atoms with Crippen LogP contribution in [0.25, 0.3) is 0 Å². The highest BCUT2D eigenvalue weighted by molar-refractivity contribution is 14.0. The molecule has 2 aliphatic heterocycles. The van der Waals surface area contributed by atoms with Gasteiger partial charge in [0.1, 0.15) is 0 Å². The quantitative estimate of drug-likeness (QED) is 0.410. The van der Waals surface area contributed by atoms with Crippen LogP contribution in [0.2, 0.25) is 5.02 Å². The van der Waals surface area contributed by atoms with E-state index in [2.05, 4.69) is 35.0 Å². The Morgan fingerprint density at radius 2 is 1.92 bits per heavy atom. The lowest BCUT2D eigenvalue weighted by Gasteiger charge is -2.39. The first-order valence-corrected chi connectivity index (χ1v) is 9.09. The SMILES string of the molecule is CCNC(=NCC1(C)COC1)N1CCN(c2ccccc2Cl)CC1.I. The highest BCUT2D eigenvalue weighted by atomic mass is 127. The van der Waals surface area contributed by atoms with Crippen LogP contribution in [0.15, 0.2) is 29.3 Å². The summed E-state index contributed by atoms with van der Waals surface area (Å²) in [6, 6.07) is 8.06. The Labute approximate surface area is 172 Å². The summed E-state index contributed by atoms with van der Waals surface area (Å²) in [6.45, 7) is 11.5. The van der Waals surface area contributed by atoms with E-state index in [1.165, 1.54) is 0 Å². The van der Waals surface area contributed by atoms with Gasteiger partial charge in [0.15, 0.2) is 5.96 Å². The van der Waals surface area contributed by atoms with Gasteiger partial charge in [-0.3, -0.25) is 4.99 Å². The average molecular weight is 479 g/mol. The Kier molecular flexibility index (Phi) is 7.64. The zero-order valence-electron chi connectivity index (χ0n) is 15.0. The summed E-state index contributed by atoms with van der Waals surface area (Å²) >= 11 is 6.33. The van der Waals surface area contributed by atoms with E-state index in [0.29, 0.717) is 0 Å². The van der Waals surface area contributed by atoms with Gasteiger partial charge in [-0.25, -0.2) is 0 Å². The van der Waals surface area contributed by atoms with Gasteiger partial charge in [0.2, 0.25) is 0 Å². The number of aliphatic imine (C=N–C) groups is 1. The topological polar surface area (TPSA) is 40.1 Å². The molecule has 2 aliphatic rings. The summed E-state index contributed by atoms with van der Waals surface area (Å²) in [5.41, 5.74) is 1.33. The predicted molar refractivity (Wildman–Crippen MR) is 116 cm³/mol. The molecule has 0 aliphatic carbocycles. The lowest BCUT2D eigenvalue weighted by atomic mass is 9.89. The van der Waals surface area contributed by atoms with Crippen molar-refractivity contribution < 1.29 is 4.74 Å². The molecule has 0 radical (unpaired) electrons. The van der Waals surface area contributed by atoms with Gasteiger partial charge in [0.25, 0.3) is 0 Å². The summed E-state index contributed by atoms with van der Waals surface area (Å²) in [4.78, 5) is 9.55. The molecule has 2 fully saturated rings. The Balaban J connectivity index is 0.00000225. The number of nitrogens with zero attached hydrogens (tertiary/aromatic N) is 3. The van der Waals surface area contributed by atoms with E-state index in [-0.39, 0.29) is 29.4 Å². The maximum atomic E-state index is 6.33. The number of hydrogen-bond acceptors (Lipinski definition) is 3. The van der Waals surface area contributed by atoms with E-state index >= 15 is 0 Å². The second-order valence-corrected chi connectivity index (χ2v) is 7.31. The summed E-state index contributed by atoms with van der Waals surface area (Å²) in [5.74, 6) is 1.02. The van der Waals surface area contributed by atoms with Crippen molar-refractivity contribution in [1.82, 2.24) is 10.2 Å². The third-order valence-corrected chi connectivity index (χ3v) is 4.94. The Morgan fingerprint density at radius 3 is 2.48 bits per heavy atom. The van der Waals surface area contributed by atoms with Gasteiger partial charge < -0.3 is 19.9 Å². The minimum absolute atomic E-state index is 0. The van der Waals surface area contributed by atoms with Gasteiger partial charge in [0.05, 0.1) is 30.5 Å². The second-order valence-electron chi connectivity index (χ2n) is 6.90. The maximum absolute atomic E-state index is 6.33. The van der Waals surface area contributed by atoms with Gasteiger partial charge >= 0.3 is 0 Å². The molecule has 2 saturated heterocycles. The molecular weight excluding hydrogens is 451 g/mol. The Hall–Kier alpha value is -0.730. The van der Waals surface area contributed by atoms with Crippen molar-refractivity contribution in [2.75, 3.05) is 57.4 Å². The molecule has 1 N–H and O–H groups in total. The average Bonchev–Trinajstić information content (AvgIpc) is 2.58. The fourth-order valence-corrected chi connectivity index (χ4v) is 3.36. The molecule has 0 atom stereocenters. The number of benzene rings is 1. The van der Waals surface area contributed by atoms with Gasteiger partial charge in [0, 0.05) is 38.1 Å². The van der Waals surface area contributed by atoms with E-state index in [1.54, 1.807) is 0 Å². The number of nitrogens with one attached hydrogen (secondary N) is 1. The van der Waals surface area contributed by atoms with Crippen molar-refractivity contribution in [3.63, 3.8) is 0 Å². The molecule has 0 spiro atoms. The summed E-state index contributed by atoms with van der Waals surface area (Å²) in [6.07, 6.45) is 0. The molecule has 1 aromatic carbocycles. The molecule has 25 heavy (non-hydrogen) atoms. The third-order valence-electron chi connectivity index (χ3n) is 4.62. The van der Waals surface area contributed by atoms with Crippen LogP contribution in [0.3, 0.4) is 0 Å². The smallest absolute Gasteiger partial charge is 0.194 e. The molecule has 0 saturated carbocycles. The van der Waals surface area contributed by atoms with Crippen molar-refractivity contribution in [2.24, 2.45) is 10.4 Å². The largest absolute Gasteiger partial charge is 0.380 e. The molecule has 7 heteroatoms. The van der Waals surface area contributed by atoms with Crippen molar-refractivity contribution >= 4 is 47.2 Å². The molecular formula is C18H28ClIN4O. The molecule has 140 valence electrons. The Bertz CT molecular complexity index is 586. The molecule has 1 aromatic rings. The van der Waals surface area contributed by atoms with Crippen molar-refractivity contribution in [3.8, 4) is 0 Å². The number of anilines is 1. The summed E-state index contributed by atoms with van der Waals surface area (Å²) in [7, 11) is 0. The number of hydrogen-bond donors (Lipinski definition) is 1. The monoisotopic (exact) mass is 478 g/mol. The molecule has 0 amide bonds. The molecule has 0 unspecified atom stereocenters. The lowest BCUT2D eigenvalue weighted by molar-refractivity contribution is -0.0946. The number of para-hydroxylation sites is 1. The first-order valence-electron chi connectivity index (χ1n) is 8.72. The van der Waals surface area contributed by atoms with Gasteiger partial charge in [-0.1, -0.05) is 30.7 Å². The van der Waals surface area contributed by atoms with E-state index in [0.717, 1.165) is 69.2 Å². The second kappa shape index (κ2) is 9.28. The van der Waals surface area contributed by atoms with Crippen molar-refractivity contribution in [3.05, 3.63) is 29.3 Å². The fraction of sp³-hybridized carbons (Fsp3) is 0.611. The van der Waals surface area contributed by atoms with E-state index < -0.39 is 0 Å². The van der Waals surface area contributed by atoms with Crippen LogP contribution in [0.1, 0.15) is 13.8 Å². The predicted octanol–water partition coefficient (Wildman–Crippen LogP) is 3.08. The number of piperazine rings is 1. The molecule has 0 bridgehead atoms. The summed E-state index contributed by atoms with van der Waals surface area (Å²) in [5, 5.41) is 4.25. The van der Waals surface area contributed by atoms with Crippen LogP contribution < -0.4 is 10.2 Å². The minimum atomic E-state index is 0. The molecule has 2 heterocycles. The normalized spacial score (nSPS) is 19.9. The molecule has 0 aromatic heterocycles. The first-order chi connectivity index (χ1) is 11.6. The van der Waals surface area contributed by atoms with E-state index in [4.69, 9.17) is 21.3 Å². The number of halogens is 2. The van der Waals surface area contributed by atoms with Gasteiger partial charge in [-0.05, 0) is 19.1 Å². The number of rotatable bonds is 4. The van der Waals surface area contributed by atoms with Crippen LogP contribution in [0, 0.1) is 5.41 Å². The van der Waals surface area contributed by atoms with Crippen LogP contribution in [0.5, 0.6) is 0 Å². The van der Waals surface area contributed by atoms with E-state index in [9.17, 15) is 0 Å². The minimum Gasteiger partial charge on any atom is -0.380 e. The van der Waals surface area contributed by atoms with Gasteiger partial charge in [-0.15, -0.1) is 24.0 Å². The van der Waals surface area contributed by atoms with Crippen molar-refractivity contribution in [1.29, 1.82) is 0 Å². The maximum Gasteiger partial charge on any atom is 0.194 e. The van der Waals surface area contributed by atoms with Crippen LogP contribution in [-0.2, 0) is 4.74 Å². The highest BCUT2D eigenvalue weighted by Gasteiger charge is 2.33. The summed E-state index contributed by atoms with van der Waals surface area (Å²) < 4.78 is 5.33. The molecule has 3 rings (SSSR count). The first kappa shape index (κ1) is 20.6. The number of guanidine groups is 1. The lowest BCUT2D eigenvalue weighted by Crippen LogP contribution is -2.53. The Morgan fingerprint density at radius 1 is 1.24 bits per heavy atom. The number of ether oxygens (including phenoxy) is 1.